The number of aliphatic hydroxyl groups is 1. The molecular formula is C26H28O5. The molecule has 5 heteroatoms. The summed E-state index contributed by atoms with van der Waals surface area (Å²) in [5, 5.41) is 10.7. The molecule has 0 bridgehead atoms. The predicted molar refractivity (Wildman–Crippen MR) is 122 cm³/mol. The van der Waals surface area contributed by atoms with Gasteiger partial charge in [0, 0.05) is 23.8 Å². The Morgan fingerprint density at radius 2 is 1.90 bits per heavy atom. The van der Waals surface area contributed by atoms with Gasteiger partial charge in [0.15, 0.2) is 0 Å². The third-order valence-corrected chi connectivity index (χ3v) is 5.76. The molecule has 0 spiro atoms. The zero-order chi connectivity index (χ0) is 21.8. The van der Waals surface area contributed by atoms with Gasteiger partial charge in [-0.15, -0.1) is 6.58 Å². The average Bonchev–Trinajstić information content (AvgIpc) is 3.13. The van der Waals surface area contributed by atoms with Gasteiger partial charge < -0.3 is 19.0 Å². The highest BCUT2D eigenvalue weighted by Crippen LogP contribution is 2.32. The van der Waals surface area contributed by atoms with Crippen LogP contribution >= 0.6 is 0 Å². The van der Waals surface area contributed by atoms with Crippen LogP contribution < -0.4 is 15.1 Å². The highest BCUT2D eigenvalue weighted by Gasteiger charge is 2.33. The van der Waals surface area contributed by atoms with E-state index in [1.807, 2.05) is 48.5 Å². The molecule has 2 aromatic carbocycles. The molecular weight excluding hydrogens is 392 g/mol. The molecule has 1 aliphatic carbocycles. The fourth-order valence-electron chi connectivity index (χ4n) is 3.99. The lowest BCUT2D eigenvalue weighted by Crippen LogP contribution is -2.20. The molecule has 1 heterocycles. The van der Waals surface area contributed by atoms with E-state index in [-0.39, 0.29) is 18.1 Å². The quantitative estimate of drug-likeness (QED) is 0.302. The lowest BCUT2D eigenvalue weighted by Gasteiger charge is -2.18. The number of fused-ring (bicyclic) bond motifs is 1. The van der Waals surface area contributed by atoms with E-state index in [0.29, 0.717) is 36.3 Å². The summed E-state index contributed by atoms with van der Waals surface area (Å²) in [6.07, 6.45) is 4.64. The van der Waals surface area contributed by atoms with Crippen molar-refractivity contribution in [2.75, 3.05) is 6.61 Å². The monoisotopic (exact) mass is 420 g/mol. The van der Waals surface area contributed by atoms with Gasteiger partial charge in [0.05, 0.1) is 18.3 Å². The summed E-state index contributed by atoms with van der Waals surface area (Å²) >= 11 is 0. The van der Waals surface area contributed by atoms with E-state index in [1.165, 1.54) is 0 Å². The number of benzene rings is 2. The van der Waals surface area contributed by atoms with E-state index in [2.05, 4.69) is 13.5 Å². The zero-order valence-electron chi connectivity index (χ0n) is 17.8. The van der Waals surface area contributed by atoms with Crippen molar-refractivity contribution in [1.82, 2.24) is 0 Å². The molecule has 1 aliphatic rings. The molecule has 0 radical (unpaired) electrons. The fourth-order valence-corrected chi connectivity index (χ4v) is 3.99. The summed E-state index contributed by atoms with van der Waals surface area (Å²) in [7, 11) is 0. The van der Waals surface area contributed by atoms with Crippen molar-refractivity contribution in [2.24, 2.45) is 5.92 Å². The number of hydrogen-bond donors (Lipinski definition) is 1. The molecule has 1 saturated carbocycles. The van der Waals surface area contributed by atoms with Crippen molar-refractivity contribution in [3.8, 4) is 22.6 Å². The lowest BCUT2D eigenvalue weighted by atomic mass is 10.1. The Bertz CT molecular complexity index is 1100. The van der Waals surface area contributed by atoms with Gasteiger partial charge in [-0.05, 0) is 48.7 Å². The Hall–Kier alpha value is -3.05. The fraction of sp³-hybridized carbons (Fsp3) is 0.346. The van der Waals surface area contributed by atoms with Crippen LogP contribution in [0.5, 0.6) is 11.5 Å². The smallest absolute Gasteiger partial charge is 0.344 e. The molecule has 1 N–H and O–H groups in total. The lowest BCUT2D eigenvalue weighted by molar-refractivity contribution is 0.146. The Balaban J connectivity index is 1.54. The largest absolute Gasteiger partial charge is 0.494 e. The molecule has 31 heavy (non-hydrogen) atoms. The minimum absolute atomic E-state index is 0.106. The van der Waals surface area contributed by atoms with Crippen molar-refractivity contribution in [3.05, 3.63) is 71.6 Å². The second kappa shape index (κ2) is 9.40. The molecule has 5 nitrogen and oxygen atoms in total. The third-order valence-electron chi connectivity index (χ3n) is 5.76. The first-order valence-corrected chi connectivity index (χ1v) is 10.9. The topological polar surface area (TPSA) is 68.9 Å². The van der Waals surface area contributed by atoms with E-state index in [1.54, 1.807) is 6.07 Å². The van der Waals surface area contributed by atoms with Crippen LogP contribution in [0.1, 0.15) is 32.6 Å². The summed E-state index contributed by atoms with van der Waals surface area (Å²) < 4.78 is 17.3. The molecule has 3 unspecified atom stereocenters. The van der Waals surface area contributed by atoms with Crippen LogP contribution in [0, 0.1) is 5.92 Å². The van der Waals surface area contributed by atoms with Gasteiger partial charge in [0.1, 0.15) is 23.2 Å². The minimum atomic E-state index is -0.399. The summed E-state index contributed by atoms with van der Waals surface area (Å²) in [5.41, 5.74) is 1.36. The normalized spacial score (nSPS) is 20.6. The van der Waals surface area contributed by atoms with Gasteiger partial charge in [-0.25, -0.2) is 4.79 Å². The molecule has 4 rings (SSSR count). The van der Waals surface area contributed by atoms with Gasteiger partial charge >= 0.3 is 5.63 Å². The van der Waals surface area contributed by atoms with Crippen LogP contribution in [-0.4, -0.2) is 23.9 Å². The first kappa shape index (κ1) is 21.2. The van der Waals surface area contributed by atoms with Crippen LogP contribution in [0.25, 0.3) is 22.1 Å². The van der Waals surface area contributed by atoms with E-state index in [4.69, 9.17) is 13.9 Å². The average molecular weight is 421 g/mol. The number of ether oxygens (including phenoxy) is 2. The van der Waals surface area contributed by atoms with Crippen molar-refractivity contribution in [1.29, 1.82) is 0 Å². The van der Waals surface area contributed by atoms with Gasteiger partial charge in [0.2, 0.25) is 0 Å². The van der Waals surface area contributed by atoms with Crippen LogP contribution in [0.2, 0.25) is 0 Å². The Kier molecular flexibility index (Phi) is 6.42. The SMILES string of the molecule is C=CC1CC(O)CC1Oc1ccc2cc(-c3ccc(OCCCC)cc3)c(=O)oc2c1. The molecule has 0 saturated heterocycles. The number of hydrogen-bond acceptors (Lipinski definition) is 5. The van der Waals surface area contributed by atoms with Crippen LogP contribution in [-0.2, 0) is 0 Å². The first-order valence-electron chi connectivity index (χ1n) is 10.9. The Morgan fingerprint density at radius 3 is 2.65 bits per heavy atom. The maximum atomic E-state index is 12.6. The standard InChI is InChI=1S/C26H28O5/c1-3-5-12-29-21-9-6-18(7-10-21)23-14-19-8-11-22(16-25(19)31-26(23)28)30-24-15-20(27)13-17(24)4-2/h4,6-11,14,16-17,20,24,27H,2-3,5,12-13,15H2,1H3. The maximum absolute atomic E-state index is 12.6. The van der Waals surface area contributed by atoms with Crippen LogP contribution in [0.3, 0.4) is 0 Å². The van der Waals surface area contributed by atoms with Gasteiger partial charge in [-0.3, -0.25) is 0 Å². The van der Waals surface area contributed by atoms with Crippen LogP contribution in [0.15, 0.2) is 70.4 Å². The van der Waals surface area contributed by atoms with Crippen molar-refractivity contribution in [2.45, 2.75) is 44.8 Å². The highest BCUT2D eigenvalue weighted by atomic mass is 16.5. The van der Waals surface area contributed by atoms with Gasteiger partial charge in [0.25, 0.3) is 0 Å². The molecule has 1 fully saturated rings. The third kappa shape index (κ3) is 4.83. The zero-order valence-corrected chi connectivity index (χ0v) is 17.8. The molecule has 1 aromatic heterocycles. The van der Waals surface area contributed by atoms with Crippen LogP contribution in [0.4, 0.5) is 0 Å². The minimum Gasteiger partial charge on any atom is -0.494 e. The number of rotatable bonds is 8. The summed E-state index contributed by atoms with van der Waals surface area (Å²) in [5.74, 6) is 1.51. The van der Waals surface area contributed by atoms with E-state index in [0.717, 1.165) is 29.5 Å². The number of unbranched alkanes of at least 4 members (excludes halogenated alkanes) is 1. The Labute approximate surface area is 181 Å². The summed E-state index contributed by atoms with van der Waals surface area (Å²) in [6, 6.07) is 14.8. The van der Waals surface area contributed by atoms with Gasteiger partial charge in [-0.1, -0.05) is 31.6 Å². The Morgan fingerprint density at radius 1 is 1.13 bits per heavy atom. The molecule has 162 valence electrons. The summed E-state index contributed by atoms with van der Waals surface area (Å²) in [4.78, 5) is 12.6. The van der Waals surface area contributed by atoms with E-state index in [9.17, 15) is 9.90 Å². The molecule has 3 atom stereocenters. The second-order valence-corrected chi connectivity index (χ2v) is 8.05. The first-order chi connectivity index (χ1) is 15.1. The van der Waals surface area contributed by atoms with E-state index < -0.39 is 5.63 Å². The molecule has 0 amide bonds. The van der Waals surface area contributed by atoms with Crippen molar-refractivity contribution < 1.29 is 19.0 Å². The van der Waals surface area contributed by atoms with Crippen molar-refractivity contribution >= 4 is 11.0 Å². The maximum Gasteiger partial charge on any atom is 0.344 e. The number of aliphatic hydroxyl groups excluding tert-OH is 1. The predicted octanol–water partition coefficient (Wildman–Crippen LogP) is 5.34. The summed E-state index contributed by atoms with van der Waals surface area (Å²) in [6.45, 7) is 6.64. The van der Waals surface area contributed by atoms with Crippen molar-refractivity contribution in [3.63, 3.8) is 0 Å². The molecule has 3 aromatic rings. The second-order valence-electron chi connectivity index (χ2n) is 8.05. The van der Waals surface area contributed by atoms with Gasteiger partial charge in [-0.2, -0.15) is 0 Å². The highest BCUT2D eigenvalue weighted by molar-refractivity contribution is 5.82. The molecule has 0 aliphatic heterocycles. The van der Waals surface area contributed by atoms with E-state index >= 15 is 0 Å².